The molecule has 2 N–H and O–H groups in total. The Morgan fingerprint density at radius 3 is 3.15 bits per heavy atom. The summed E-state index contributed by atoms with van der Waals surface area (Å²) in [5.41, 5.74) is 3.35. The summed E-state index contributed by atoms with van der Waals surface area (Å²) in [6.07, 6.45) is 3.53. The van der Waals surface area contributed by atoms with Crippen LogP contribution in [-0.4, -0.2) is 31.9 Å². The van der Waals surface area contributed by atoms with Crippen molar-refractivity contribution in [3.05, 3.63) is 30.1 Å². The lowest BCUT2D eigenvalue weighted by molar-refractivity contribution is 0.431. The smallest absolute Gasteiger partial charge is 0.258 e. The summed E-state index contributed by atoms with van der Waals surface area (Å²) in [5, 5.41) is 13.8. The molecule has 20 heavy (non-hydrogen) atoms. The van der Waals surface area contributed by atoms with Crippen molar-refractivity contribution in [2.45, 2.75) is 12.8 Å². The van der Waals surface area contributed by atoms with Gasteiger partial charge in [-0.1, -0.05) is 11.2 Å². The molecular weight excluding hydrogens is 256 g/mol. The van der Waals surface area contributed by atoms with Crippen molar-refractivity contribution in [3.63, 3.8) is 0 Å². The zero-order chi connectivity index (χ0) is 13.4. The minimum absolute atomic E-state index is 0.416. The Kier molecular flexibility index (Phi) is 2.48. The topological polar surface area (TPSA) is 92.5 Å². The minimum atomic E-state index is 0.416. The second-order valence-corrected chi connectivity index (χ2v) is 4.62. The summed E-state index contributed by atoms with van der Waals surface area (Å²) < 4.78 is 5.36. The number of hydrogen-bond donors (Lipinski definition) is 2. The van der Waals surface area contributed by atoms with Crippen LogP contribution in [0.4, 0.5) is 5.69 Å². The van der Waals surface area contributed by atoms with Crippen molar-refractivity contribution >= 4 is 5.69 Å². The molecule has 0 amide bonds. The van der Waals surface area contributed by atoms with Gasteiger partial charge < -0.3 is 9.84 Å². The Morgan fingerprint density at radius 2 is 2.25 bits per heavy atom. The molecule has 1 aromatic carbocycles. The summed E-state index contributed by atoms with van der Waals surface area (Å²) in [5.74, 6) is 1.43. The van der Waals surface area contributed by atoms with Gasteiger partial charge in [-0.3, -0.25) is 5.10 Å². The largest absolute Gasteiger partial charge is 0.385 e. The number of anilines is 1. The molecule has 0 bridgehead atoms. The average Bonchev–Trinajstić information content (AvgIpc) is 3.17. The molecule has 0 spiro atoms. The molecule has 7 heteroatoms. The third kappa shape index (κ3) is 1.75. The number of benzene rings is 1. The summed E-state index contributed by atoms with van der Waals surface area (Å²) >= 11 is 0. The molecule has 0 saturated carbocycles. The van der Waals surface area contributed by atoms with Crippen molar-refractivity contribution in [3.8, 4) is 23.1 Å². The van der Waals surface area contributed by atoms with Crippen LogP contribution in [-0.2, 0) is 6.42 Å². The molecule has 3 aromatic rings. The van der Waals surface area contributed by atoms with Gasteiger partial charge in [0.15, 0.2) is 5.82 Å². The molecule has 3 heterocycles. The molecule has 100 valence electrons. The minimum Gasteiger partial charge on any atom is -0.385 e. The van der Waals surface area contributed by atoms with Crippen molar-refractivity contribution in [2.24, 2.45) is 0 Å². The normalized spacial score (nSPS) is 13.8. The van der Waals surface area contributed by atoms with Crippen molar-refractivity contribution in [2.75, 3.05) is 11.9 Å². The third-order valence-electron chi connectivity index (χ3n) is 3.38. The van der Waals surface area contributed by atoms with E-state index in [4.69, 9.17) is 4.52 Å². The van der Waals surface area contributed by atoms with Gasteiger partial charge in [-0.25, -0.2) is 4.98 Å². The molecule has 0 atom stereocenters. The van der Waals surface area contributed by atoms with E-state index < -0.39 is 0 Å². The first-order chi connectivity index (χ1) is 9.92. The predicted molar refractivity (Wildman–Crippen MR) is 71.9 cm³/mol. The first kappa shape index (κ1) is 11.2. The van der Waals surface area contributed by atoms with Crippen molar-refractivity contribution in [1.82, 2.24) is 25.3 Å². The number of rotatable bonds is 2. The van der Waals surface area contributed by atoms with Crippen LogP contribution in [0.1, 0.15) is 12.0 Å². The molecule has 0 radical (unpaired) electrons. The summed E-state index contributed by atoms with van der Waals surface area (Å²) in [4.78, 5) is 8.41. The summed E-state index contributed by atoms with van der Waals surface area (Å²) in [6.45, 7) is 1.00. The molecule has 0 aliphatic carbocycles. The highest BCUT2D eigenvalue weighted by Crippen LogP contribution is 2.32. The van der Waals surface area contributed by atoms with Crippen molar-refractivity contribution < 1.29 is 4.52 Å². The molecular formula is C13H12N6O. The molecule has 1 aliphatic heterocycles. The quantitative estimate of drug-likeness (QED) is 0.737. The summed E-state index contributed by atoms with van der Waals surface area (Å²) in [7, 11) is 0. The lowest BCUT2D eigenvalue weighted by atomic mass is 9.97. The van der Waals surface area contributed by atoms with E-state index in [0.29, 0.717) is 17.5 Å². The van der Waals surface area contributed by atoms with E-state index in [-0.39, 0.29) is 0 Å². The Hall–Kier alpha value is -2.70. The van der Waals surface area contributed by atoms with Crippen LogP contribution in [0.25, 0.3) is 23.1 Å². The monoisotopic (exact) mass is 268 g/mol. The van der Waals surface area contributed by atoms with Crippen molar-refractivity contribution in [1.29, 1.82) is 0 Å². The van der Waals surface area contributed by atoms with Gasteiger partial charge in [0.25, 0.3) is 5.89 Å². The first-order valence-electron chi connectivity index (χ1n) is 6.47. The second kappa shape index (κ2) is 4.44. The van der Waals surface area contributed by atoms with E-state index in [1.165, 1.54) is 11.9 Å². The van der Waals surface area contributed by atoms with Crippen LogP contribution in [0.15, 0.2) is 29.0 Å². The molecule has 7 nitrogen and oxygen atoms in total. The Balaban J connectivity index is 1.78. The molecule has 0 unspecified atom stereocenters. The van der Waals surface area contributed by atoms with Crippen LogP contribution in [0, 0.1) is 0 Å². The number of H-pyrrole nitrogens is 1. The zero-order valence-electron chi connectivity index (χ0n) is 10.6. The van der Waals surface area contributed by atoms with Gasteiger partial charge in [0.2, 0.25) is 5.82 Å². The van der Waals surface area contributed by atoms with Gasteiger partial charge in [-0.15, -0.1) is 0 Å². The second-order valence-electron chi connectivity index (χ2n) is 4.62. The number of hydrogen-bond acceptors (Lipinski definition) is 6. The molecule has 4 rings (SSSR count). The van der Waals surface area contributed by atoms with Gasteiger partial charge in [-0.05, 0) is 30.5 Å². The number of aromatic nitrogens is 5. The lowest BCUT2D eigenvalue weighted by Gasteiger charge is -2.19. The number of aromatic amines is 1. The standard InChI is InChI=1S/C13H12N6O/c1-3-9(8-4-2-6-14-10(8)5-1)13-17-12(19-20-13)11-15-7-16-18-11/h1,3,5,7,14H,2,4,6H2,(H,15,16,18). The average molecular weight is 268 g/mol. The summed E-state index contributed by atoms with van der Waals surface area (Å²) in [6, 6.07) is 6.07. The van der Waals surface area contributed by atoms with Crippen LogP contribution in [0.2, 0.25) is 0 Å². The maximum atomic E-state index is 5.36. The van der Waals surface area contributed by atoms with Crippen LogP contribution in [0.3, 0.4) is 0 Å². The first-order valence-corrected chi connectivity index (χ1v) is 6.47. The highest BCUT2D eigenvalue weighted by atomic mass is 16.5. The molecule has 0 fully saturated rings. The van der Waals surface area contributed by atoms with Gasteiger partial charge in [0.05, 0.1) is 0 Å². The highest BCUT2D eigenvalue weighted by Gasteiger charge is 2.19. The Morgan fingerprint density at radius 1 is 1.25 bits per heavy atom. The van der Waals surface area contributed by atoms with E-state index >= 15 is 0 Å². The molecule has 1 aliphatic rings. The van der Waals surface area contributed by atoms with E-state index in [9.17, 15) is 0 Å². The lowest BCUT2D eigenvalue weighted by Crippen LogP contribution is -2.12. The fourth-order valence-corrected chi connectivity index (χ4v) is 2.45. The van der Waals surface area contributed by atoms with E-state index in [1.807, 2.05) is 12.1 Å². The Labute approximate surface area is 114 Å². The van der Waals surface area contributed by atoms with Crippen LogP contribution >= 0.6 is 0 Å². The number of nitrogens with zero attached hydrogens (tertiary/aromatic N) is 4. The SMILES string of the molecule is c1cc2c(c(-c3nc(-c4ncn[nH]4)no3)c1)CCCN2. The van der Waals surface area contributed by atoms with E-state index in [0.717, 1.165) is 30.6 Å². The predicted octanol–water partition coefficient (Wildman–Crippen LogP) is 1.88. The number of fused-ring (bicyclic) bond motifs is 1. The third-order valence-corrected chi connectivity index (χ3v) is 3.38. The fourth-order valence-electron chi connectivity index (χ4n) is 2.45. The highest BCUT2D eigenvalue weighted by molar-refractivity contribution is 5.70. The van der Waals surface area contributed by atoms with Crippen LogP contribution in [0.5, 0.6) is 0 Å². The maximum Gasteiger partial charge on any atom is 0.258 e. The zero-order valence-corrected chi connectivity index (χ0v) is 10.6. The van der Waals surface area contributed by atoms with Crippen LogP contribution < -0.4 is 5.32 Å². The fraction of sp³-hybridized carbons (Fsp3) is 0.231. The van der Waals surface area contributed by atoms with E-state index in [1.54, 1.807) is 0 Å². The van der Waals surface area contributed by atoms with Gasteiger partial charge in [0, 0.05) is 17.8 Å². The number of nitrogens with one attached hydrogen (secondary N) is 2. The Bertz CT molecular complexity index is 733. The van der Waals surface area contributed by atoms with Gasteiger partial charge >= 0.3 is 0 Å². The maximum absolute atomic E-state index is 5.36. The molecule has 0 saturated heterocycles. The molecule has 2 aromatic heterocycles. The van der Waals surface area contributed by atoms with Gasteiger partial charge in [0.1, 0.15) is 6.33 Å². The van der Waals surface area contributed by atoms with E-state index in [2.05, 4.69) is 36.7 Å². The van der Waals surface area contributed by atoms with Gasteiger partial charge in [-0.2, -0.15) is 10.1 Å².